The van der Waals surface area contributed by atoms with Gasteiger partial charge in [-0.2, -0.15) is 0 Å². The average molecular weight is 463 g/mol. The lowest BCUT2D eigenvalue weighted by atomic mass is 10.0. The van der Waals surface area contributed by atoms with Crippen LogP contribution in [-0.2, 0) is 30.4 Å². The number of rotatable bonds is 13. The zero-order chi connectivity index (χ0) is 25.0. The molecular weight excluding hydrogens is 428 g/mol. The topological polar surface area (TPSA) is 154 Å². The molecule has 0 saturated heterocycles. The van der Waals surface area contributed by atoms with Gasteiger partial charge in [0.15, 0.2) is 0 Å². The fourth-order valence-corrected chi connectivity index (χ4v) is 2.96. The number of benzene rings is 1. The minimum absolute atomic E-state index is 0.111. The van der Waals surface area contributed by atoms with E-state index in [-0.39, 0.29) is 37.6 Å². The molecule has 10 nitrogen and oxygen atoms in total. The van der Waals surface area contributed by atoms with E-state index in [4.69, 9.17) is 5.11 Å². The number of carbonyl (C=O) groups is 5. The van der Waals surface area contributed by atoms with E-state index in [1.165, 1.54) is 6.92 Å². The van der Waals surface area contributed by atoms with Gasteiger partial charge >= 0.3 is 5.97 Å². The van der Waals surface area contributed by atoms with E-state index in [2.05, 4.69) is 21.3 Å². The summed E-state index contributed by atoms with van der Waals surface area (Å²) >= 11 is 0. The number of carboxylic acid groups (broad SMARTS) is 1. The molecule has 0 aliphatic heterocycles. The lowest BCUT2D eigenvalue weighted by molar-refractivity contribution is -0.139. The lowest BCUT2D eigenvalue weighted by Gasteiger charge is -2.24. The van der Waals surface area contributed by atoms with Crippen molar-refractivity contribution in [1.82, 2.24) is 21.3 Å². The molecule has 10 heteroatoms. The third-order valence-electron chi connectivity index (χ3n) is 4.72. The molecule has 182 valence electrons. The molecular formula is C23H34N4O6. The summed E-state index contributed by atoms with van der Waals surface area (Å²) in [6.45, 7) is 6.79. The van der Waals surface area contributed by atoms with Crippen molar-refractivity contribution in [3.05, 3.63) is 35.9 Å². The van der Waals surface area contributed by atoms with Crippen LogP contribution in [0.2, 0.25) is 0 Å². The first kappa shape index (κ1) is 27.6. The van der Waals surface area contributed by atoms with Crippen molar-refractivity contribution < 1.29 is 29.1 Å². The monoisotopic (exact) mass is 462 g/mol. The smallest absolute Gasteiger partial charge is 0.303 e. The minimum atomic E-state index is -1.11. The molecule has 0 unspecified atom stereocenters. The van der Waals surface area contributed by atoms with Gasteiger partial charge in [0, 0.05) is 18.9 Å². The molecule has 0 aliphatic rings. The van der Waals surface area contributed by atoms with Gasteiger partial charge in [0.1, 0.15) is 18.1 Å². The van der Waals surface area contributed by atoms with Gasteiger partial charge in [-0.3, -0.25) is 24.0 Å². The maximum absolute atomic E-state index is 12.7. The normalized spacial score (nSPS) is 13.4. The van der Waals surface area contributed by atoms with Gasteiger partial charge < -0.3 is 26.4 Å². The second-order valence-electron chi connectivity index (χ2n) is 8.07. The van der Waals surface area contributed by atoms with Crippen molar-refractivity contribution in [2.45, 2.75) is 77.5 Å². The number of carboxylic acids is 1. The van der Waals surface area contributed by atoms with Gasteiger partial charge in [-0.1, -0.05) is 37.3 Å². The molecule has 33 heavy (non-hydrogen) atoms. The van der Waals surface area contributed by atoms with Gasteiger partial charge in [0.25, 0.3) is 0 Å². The van der Waals surface area contributed by atoms with Crippen molar-refractivity contribution in [2.24, 2.45) is 0 Å². The fraction of sp³-hybridized carbons (Fsp3) is 0.522. The first-order valence-electron chi connectivity index (χ1n) is 11.0. The molecule has 1 aromatic carbocycles. The molecule has 1 rings (SSSR count). The first-order chi connectivity index (χ1) is 15.5. The summed E-state index contributed by atoms with van der Waals surface area (Å²) < 4.78 is 0. The Kier molecular flexibility index (Phi) is 11.6. The van der Waals surface area contributed by atoms with Crippen molar-refractivity contribution in [3.63, 3.8) is 0 Å². The molecule has 1 aromatic rings. The number of hydrogen-bond acceptors (Lipinski definition) is 5. The van der Waals surface area contributed by atoms with Crippen LogP contribution in [-0.4, -0.2) is 58.9 Å². The van der Waals surface area contributed by atoms with E-state index in [1.54, 1.807) is 6.92 Å². The number of amides is 4. The summed E-state index contributed by atoms with van der Waals surface area (Å²) in [4.78, 5) is 60.3. The molecule has 5 N–H and O–H groups in total. The average Bonchev–Trinajstić information content (AvgIpc) is 2.75. The molecule has 0 bridgehead atoms. The van der Waals surface area contributed by atoms with Gasteiger partial charge in [-0.15, -0.1) is 0 Å². The van der Waals surface area contributed by atoms with Crippen LogP contribution in [0.3, 0.4) is 0 Å². The number of carbonyl (C=O) groups excluding carboxylic acids is 4. The molecule has 0 radical (unpaired) electrons. The quantitative estimate of drug-likeness (QED) is 0.288. The number of hydrogen-bond donors (Lipinski definition) is 5. The third-order valence-corrected chi connectivity index (χ3v) is 4.72. The van der Waals surface area contributed by atoms with Crippen molar-refractivity contribution in [2.75, 3.05) is 0 Å². The van der Waals surface area contributed by atoms with Crippen LogP contribution in [0.4, 0.5) is 0 Å². The van der Waals surface area contributed by atoms with E-state index in [0.717, 1.165) is 5.56 Å². The maximum Gasteiger partial charge on any atom is 0.303 e. The fourth-order valence-electron chi connectivity index (χ4n) is 2.96. The molecule has 3 atom stereocenters. The molecule has 0 heterocycles. The van der Waals surface area contributed by atoms with Crippen LogP contribution in [0, 0.1) is 0 Å². The zero-order valence-electron chi connectivity index (χ0n) is 19.5. The highest BCUT2D eigenvalue weighted by atomic mass is 16.4. The zero-order valence-corrected chi connectivity index (χ0v) is 19.5. The van der Waals surface area contributed by atoms with E-state index >= 15 is 0 Å². The maximum atomic E-state index is 12.7. The van der Waals surface area contributed by atoms with Crippen LogP contribution in [0.5, 0.6) is 0 Å². The van der Waals surface area contributed by atoms with Gasteiger partial charge in [0.05, 0.1) is 6.42 Å². The Balaban J connectivity index is 2.75. The molecule has 0 saturated carbocycles. The Morgan fingerprint density at radius 1 is 0.788 bits per heavy atom. The minimum Gasteiger partial charge on any atom is -0.481 e. The van der Waals surface area contributed by atoms with E-state index in [9.17, 15) is 24.0 Å². The Labute approximate surface area is 193 Å². The summed E-state index contributed by atoms with van der Waals surface area (Å²) in [6, 6.07) is 6.42. The van der Waals surface area contributed by atoms with Gasteiger partial charge in [-0.25, -0.2) is 0 Å². The highest BCUT2D eigenvalue weighted by molar-refractivity contribution is 5.94. The lowest BCUT2D eigenvalue weighted by Crippen LogP contribution is -2.56. The van der Waals surface area contributed by atoms with Crippen molar-refractivity contribution in [1.29, 1.82) is 0 Å². The van der Waals surface area contributed by atoms with Crippen molar-refractivity contribution >= 4 is 29.6 Å². The largest absolute Gasteiger partial charge is 0.481 e. The standard InChI is InChI=1S/C23H34N4O6/c1-5-17(26-19(28)11-12-20(29)30)22(32)25-15(4)21(31)27-18(23(33)24-14(2)3)13-16-9-7-6-8-10-16/h6-10,14-15,17-18H,5,11-13H2,1-4H3,(H,24,33)(H,25,32)(H,26,28)(H,27,31)(H,29,30)/t15-,17-,18-/m0/s1. The molecule has 4 amide bonds. The summed E-state index contributed by atoms with van der Waals surface area (Å²) in [5, 5.41) is 19.1. The van der Waals surface area contributed by atoms with Crippen LogP contribution in [0.15, 0.2) is 30.3 Å². The van der Waals surface area contributed by atoms with Crippen LogP contribution in [0.25, 0.3) is 0 Å². The Morgan fingerprint density at radius 3 is 1.94 bits per heavy atom. The van der Waals surface area contributed by atoms with Crippen LogP contribution in [0.1, 0.15) is 52.5 Å². The third kappa shape index (κ3) is 10.6. The van der Waals surface area contributed by atoms with Crippen LogP contribution < -0.4 is 21.3 Å². The molecule has 0 aromatic heterocycles. The molecule has 0 spiro atoms. The second-order valence-corrected chi connectivity index (χ2v) is 8.07. The van der Waals surface area contributed by atoms with E-state index in [0.29, 0.717) is 0 Å². The summed E-state index contributed by atoms with van der Waals surface area (Å²) in [5.74, 6) is -3.13. The summed E-state index contributed by atoms with van der Waals surface area (Å²) in [7, 11) is 0. The Hall–Kier alpha value is -3.43. The molecule has 0 fully saturated rings. The Bertz CT molecular complexity index is 828. The molecule has 0 aliphatic carbocycles. The predicted molar refractivity (Wildman–Crippen MR) is 122 cm³/mol. The SMILES string of the molecule is CC[C@H](NC(=O)CCC(=O)O)C(=O)N[C@@H](C)C(=O)N[C@@H](Cc1ccccc1)C(=O)NC(C)C. The van der Waals surface area contributed by atoms with E-state index < -0.39 is 41.8 Å². The Morgan fingerprint density at radius 2 is 1.39 bits per heavy atom. The number of aliphatic carboxylic acids is 1. The van der Waals surface area contributed by atoms with Crippen LogP contribution >= 0.6 is 0 Å². The van der Waals surface area contributed by atoms with Gasteiger partial charge in [0.2, 0.25) is 23.6 Å². The van der Waals surface area contributed by atoms with Crippen molar-refractivity contribution in [3.8, 4) is 0 Å². The first-order valence-corrected chi connectivity index (χ1v) is 11.0. The number of nitrogens with one attached hydrogen (secondary N) is 4. The van der Waals surface area contributed by atoms with Gasteiger partial charge in [-0.05, 0) is 32.8 Å². The highest BCUT2D eigenvalue weighted by Gasteiger charge is 2.27. The predicted octanol–water partition coefficient (Wildman–Crippen LogP) is 0.503. The highest BCUT2D eigenvalue weighted by Crippen LogP contribution is 2.05. The van der Waals surface area contributed by atoms with E-state index in [1.807, 2.05) is 44.2 Å². The summed E-state index contributed by atoms with van der Waals surface area (Å²) in [6.07, 6.45) is -0.0549. The second kappa shape index (κ2) is 13.9. The summed E-state index contributed by atoms with van der Waals surface area (Å²) in [5.41, 5.74) is 0.869.